The van der Waals surface area contributed by atoms with Crippen LogP contribution in [-0.2, 0) is 4.79 Å². The molecule has 1 fully saturated rings. The van der Waals surface area contributed by atoms with E-state index in [2.05, 4.69) is 15.6 Å². The Morgan fingerprint density at radius 1 is 1.65 bits per heavy atom. The average molecular weight is 295 g/mol. The molecule has 2 heterocycles. The number of nitro groups is 1. The smallest absolute Gasteiger partial charge is 0.358 e. The van der Waals surface area contributed by atoms with Crippen molar-refractivity contribution in [3.8, 4) is 0 Å². The van der Waals surface area contributed by atoms with Gasteiger partial charge >= 0.3 is 5.82 Å². The normalized spacial score (nSPS) is 16.1. The lowest BCUT2D eigenvalue weighted by Gasteiger charge is -2.12. The van der Waals surface area contributed by atoms with Crippen molar-refractivity contribution in [3.05, 3.63) is 21.7 Å². The predicted molar refractivity (Wildman–Crippen MR) is 74.0 cm³/mol. The molecule has 2 aromatic heterocycles. The van der Waals surface area contributed by atoms with Gasteiger partial charge in [-0.2, -0.15) is 9.38 Å². The van der Waals surface area contributed by atoms with Gasteiger partial charge in [-0.25, -0.2) is 0 Å². The molecule has 0 saturated heterocycles. The second-order valence-corrected chi connectivity index (χ2v) is 5.62. The van der Waals surface area contributed by atoms with Gasteiger partial charge in [-0.1, -0.05) is 11.3 Å². The average Bonchev–Trinajstić information content (AvgIpc) is 2.95. The number of carbonyl (C=O) groups excluding carboxylic acids is 1. The van der Waals surface area contributed by atoms with Crippen LogP contribution in [0.3, 0.4) is 0 Å². The second-order valence-electron chi connectivity index (χ2n) is 4.75. The van der Waals surface area contributed by atoms with Crippen molar-refractivity contribution in [2.45, 2.75) is 31.8 Å². The minimum atomic E-state index is -0.570. The molecule has 9 heteroatoms. The number of thiazole rings is 1. The maximum absolute atomic E-state index is 11.9. The van der Waals surface area contributed by atoms with Crippen molar-refractivity contribution >= 4 is 33.8 Å². The lowest BCUT2D eigenvalue weighted by atomic mass is 10.3. The monoisotopic (exact) mass is 295 g/mol. The van der Waals surface area contributed by atoms with Gasteiger partial charge in [0.1, 0.15) is 12.2 Å². The molecule has 1 saturated carbocycles. The van der Waals surface area contributed by atoms with E-state index in [1.807, 2.05) is 0 Å². The molecule has 1 unspecified atom stereocenters. The Kier molecular flexibility index (Phi) is 3.05. The van der Waals surface area contributed by atoms with Crippen LogP contribution in [0.4, 0.5) is 11.6 Å². The van der Waals surface area contributed by atoms with E-state index in [1.54, 1.807) is 18.5 Å². The van der Waals surface area contributed by atoms with Crippen molar-refractivity contribution in [1.82, 2.24) is 14.7 Å². The van der Waals surface area contributed by atoms with Crippen LogP contribution in [0, 0.1) is 10.1 Å². The zero-order valence-electron chi connectivity index (χ0n) is 10.7. The summed E-state index contributed by atoms with van der Waals surface area (Å²) in [7, 11) is 0. The number of hydrogen-bond acceptors (Lipinski definition) is 6. The van der Waals surface area contributed by atoms with E-state index in [-0.39, 0.29) is 23.6 Å². The molecule has 1 atom stereocenters. The summed E-state index contributed by atoms with van der Waals surface area (Å²) in [4.78, 5) is 27.2. The largest absolute Gasteiger partial charge is 0.372 e. The summed E-state index contributed by atoms with van der Waals surface area (Å²) in [5.41, 5.74) is 0. The molecule has 0 aliphatic heterocycles. The fraction of sp³-hybridized carbons (Fsp3) is 0.455. The van der Waals surface area contributed by atoms with Crippen molar-refractivity contribution in [1.29, 1.82) is 0 Å². The highest BCUT2D eigenvalue weighted by atomic mass is 32.1. The van der Waals surface area contributed by atoms with E-state index in [4.69, 9.17) is 0 Å². The minimum absolute atomic E-state index is 0.125. The fourth-order valence-corrected chi connectivity index (χ4v) is 2.58. The highest BCUT2D eigenvalue weighted by Gasteiger charge is 2.29. The van der Waals surface area contributed by atoms with Gasteiger partial charge < -0.3 is 20.7 Å². The summed E-state index contributed by atoms with van der Waals surface area (Å²) in [6.45, 7) is 1.66. The highest BCUT2D eigenvalue weighted by molar-refractivity contribution is 7.15. The first-order valence-corrected chi connectivity index (χ1v) is 7.11. The van der Waals surface area contributed by atoms with Crippen LogP contribution < -0.4 is 10.6 Å². The molecule has 2 aromatic rings. The lowest BCUT2D eigenvalue weighted by molar-refractivity contribution is -0.389. The number of aromatic nitrogens is 2. The van der Waals surface area contributed by atoms with Gasteiger partial charge in [0.15, 0.2) is 0 Å². The first-order valence-electron chi connectivity index (χ1n) is 6.23. The zero-order valence-corrected chi connectivity index (χ0v) is 11.5. The summed E-state index contributed by atoms with van der Waals surface area (Å²) in [6, 6.07) is -0.314. The van der Waals surface area contributed by atoms with Crippen LogP contribution in [0.25, 0.3) is 4.96 Å². The summed E-state index contributed by atoms with van der Waals surface area (Å²) in [5, 5.41) is 18.5. The third kappa shape index (κ3) is 2.31. The van der Waals surface area contributed by atoms with Crippen molar-refractivity contribution in [3.63, 3.8) is 0 Å². The van der Waals surface area contributed by atoms with E-state index >= 15 is 0 Å². The number of rotatable bonds is 5. The van der Waals surface area contributed by atoms with Crippen LogP contribution in [0.1, 0.15) is 19.8 Å². The molecule has 1 aliphatic rings. The third-order valence-electron chi connectivity index (χ3n) is 3.08. The first kappa shape index (κ1) is 12.9. The van der Waals surface area contributed by atoms with E-state index < -0.39 is 11.0 Å². The topological polar surface area (TPSA) is 102 Å². The van der Waals surface area contributed by atoms with Crippen LogP contribution in [0.5, 0.6) is 0 Å². The standard InChI is InChI=1S/C11H13N5O3S/c1-6(9(17)13-7-2-3-7)12-8-10(16(18)19)15-4-5-20-11(15)14-8/h4-7,12H,2-3H2,1H3,(H,13,17). The maximum Gasteiger partial charge on any atom is 0.372 e. The lowest BCUT2D eigenvalue weighted by Crippen LogP contribution is -2.38. The fourth-order valence-electron chi connectivity index (χ4n) is 1.87. The van der Waals surface area contributed by atoms with E-state index in [1.165, 1.54) is 15.7 Å². The summed E-state index contributed by atoms with van der Waals surface area (Å²) in [5.74, 6) is -0.189. The molecule has 1 amide bonds. The molecule has 3 rings (SSSR count). The summed E-state index contributed by atoms with van der Waals surface area (Å²) < 4.78 is 1.40. The highest BCUT2D eigenvalue weighted by Crippen LogP contribution is 2.28. The Morgan fingerprint density at radius 2 is 2.40 bits per heavy atom. The van der Waals surface area contributed by atoms with Crippen LogP contribution >= 0.6 is 11.3 Å². The van der Waals surface area contributed by atoms with E-state index in [9.17, 15) is 14.9 Å². The summed E-state index contributed by atoms with van der Waals surface area (Å²) >= 11 is 1.30. The molecule has 8 nitrogen and oxygen atoms in total. The van der Waals surface area contributed by atoms with Gasteiger partial charge in [0.2, 0.25) is 11.7 Å². The molecule has 106 valence electrons. The summed E-state index contributed by atoms with van der Waals surface area (Å²) in [6.07, 6.45) is 3.59. The Hall–Kier alpha value is -2.16. The number of imidazole rings is 1. The quantitative estimate of drug-likeness (QED) is 0.641. The molecule has 0 bridgehead atoms. The maximum atomic E-state index is 11.9. The van der Waals surface area contributed by atoms with Gasteiger partial charge in [0, 0.05) is 11.4 Å². The number of nitrogens with zero attached hydrogens (tertiary/aromatic N) is 3. The third-order valence-corrected chi connectivity index (χ3v) is 3.84. The molecule has 0 spiro atoms. The van der Waals surface area contributed by atoms with Gasteiger partial charge in [-0.05, 0) is 24.7 Å². The van der Waals surface area contributed by atoms with Gasteiger partial charge in [-0.3, -0.25) is 4.79 Å². The number of hydrogen-bond donors (Lipinski definition) is 2. The van der Waals surface area contributed by atoms with E-state index in [0.717, 1.165) is 12.8 Å². The van der Waals surface area contributed by atoms with Crippen LogP contribution in [-0.4, -0.2) is 32.3 Å². The molecular formula is C11H13N5O3S. The molecule has 20 heavy (non-hydrogen) atoms. The number of fused-ring (bicyclic) bond motifs is 1. The zero-order chi connectivity index (χ0) is 14.3. The minimum Gasteiger partial charge on any atom is -0.358 e. The van der Waals surface area contributed by atoms with Gasteiger partial charge in [0.05, 0.1) is 0 Å². The number of amides is 1. The molecule has 0 aromatic carbocycles. The van der Waals surface area contributed by atoms with Crippen molar-refractivity contribution in [2.24, 2.45) is 0 Å². The van der Waals surface area contributed by atoms with Crippen molar-refractivity contribution < 1.29 is 9.72 Å². The number of nitrogens with one attached hydrogen (secondary N) is 2. The first-order chi connectivity index (χ1) is 9.56. The van der Waals surface area contributed by atoms with Crippen LogP contribution in [0.15, 0.2) is 11.6 Å². The molecule has 2 N–H and O–H groups in total. The Bertz CT molecular complexity index is 675. The van der Waals surface area contributed by atoms with Gasteiger partial charge in [-0.15, -0.1) is 0 Å². The SMILES string of the molecule is CC(Nc1nc2sccn2c1[N+](=O)[O-])C(=O)NC1CC1. The number of anilines is 1. The Labute approximate surface area is 118 Å². The Morgan fingerprint density at radius 3 is 3.05 bits per heavy atom. The molecule has 0 radical (unpaired) electrons. The predicted octanol–water partition coefficient (Wildman–Crippen LogP) is 1.38. The molecular weight excluding hydrogens is 282 g/mol. The van der Waals surface area contributed by atoms with Crippen LogP contribution in [0.2, 0.25) is 0 Å². The Balaban J connectivity index is 1.82. The van der Waals surface area contributed by atoms with E-state index in [0.29, 0.717) is 4.96 Å². The van der Waals surface area contributed by atoms with Gasteiger partial charge in [0.25, 0.3) is 4.96 Å². The number of carbonyl (C=O) groups is 1. The van der Waals surface area contributed by atoms with Crippen molar-refractivity contribution in [2.75, 3.05) is 5.32 Å². The molecule has 1 aliphatic carbocycles. The second kappa shape index (κ2) is 4.75.